The lowest BCUT2D eigenvalue weighted by Gasteiger charge is -2.09. The van der Waals surface area contributed by atoms with Gasteiger partial charge in [-0.15, -0.1) is 0 Å². The molecule has 2 amide bonds. The smallest absolute Gasteiger partial charge is 0.306 e. The minimum atomic E-state index is -0.578. The number of carbonyl (C=O) groups excluding carboxylic acids is 4. The highest BCUT2D eigenvalue weighted by Crippen LogP contribution is 2.29. The molecular formula is C27H25ClN2O6. The van der Waals surface area contributed by atoms with E-state index in [1.807, 2.05) is 12.1 Å². The van der Waals surface area contributed by atoms with Crippen LogP contribution in [0.2, 0.25) is 5.02 Å². The first kappa shape index (κ1) is 26.4. The van der Waals surface area contributed by atoms with Crippen molar-refractivity contribution in [2.75, 3.05) is 17.2 Å². The van der Waals surface area contributed by atoms with Crippen molar-refractivity contribution in [1.82, 2.24) is 0 Å². The molecule has 186 valence electrons. The van der Waals surface area contributed by atoms with Crippen LogP contribution in [0.5, 0.6) is 11.5 Å². The van der Waals surface area contributed by atoms with Gasteiger partial charge in [-0.3, -0.25) is 19.2 Å². The predicted molar refractivity (Wildman–Crippen MR) is 136 cm³/mol. The number of halogens is 1. The number of carbonyl (C=O) groups is 4. The number of para-hydroxylation sites is 1. The molecule has 0 aliphatic carbocycles. The molecule has 3 rings (SSSR count). The van der Waals surface area contributed by atoms with Crippen molar-refractivity contribution in [3.63, 3.8) is 0 Å². The van der Waals surface area contributed by atoms with Gasteiger partial charge in [0.2, 0.25) is 5.91 Å². The molecule has 3 aromatic rings. The number of ketones is 1. The molecule has 0 aliphatic heterocycles. The number of rotatable bonds is 11. The fourth-order valence-electron chi connectivity index (χ4n) is 3.08. The van der Waals surface area contributed by atoms with Crippen LogP contribution in [0.4, 0.5) is 11.4 Å². The Balaban J connectivity index is 1.33. The van der Waals surface area contributed by atoms with E-state index in [1.54, 1.807) is 60.7 Å². The van der Waals surface area contributed by atoms with Crippen LogP contribution in [0.1, 0.15) is 36.5 Å². The lowest BCUT2D eigenvalue weighted by Crippen LogP contribution is -2.21. The first-order chi connectivity index (χ1) is 17.3. The van der Waals surface area contributed by atoms with E-state index in [1.165, 1.54) is 6.92 Å². The maximum absolute atomic E-state index is 12.2. The zero-order chi connectivity index (χ0) is 25.9. The van der Waals surface area contributed by atoms with Gasteiger partial charge >= 0.3 is 5.97 Å². The molecule has 0 atom stereocenters. The number of anilines is 2. The molecule has 36 heavy (non-hydrogen) atoms. The predicted octanol–water partition coefficient (Wildman–Crippen LogP) is 5.63. The quantitative estimate of drug-likeness (QED) is 0.257. The average molecular weight is 509 g/mol. The Morgan fingerprint density at radius 1 is 0.778 bits per heavy atom. The first-order valence-corrected chi connectivity index (χ1v) is 11.6. The second-order valence-corrected chi connectivity index (χ2v) is 8.21. The number of hydrogen-bond acceptors (Lipinski definition) is 6. The van der Waals surface area contributed by atoms with Gasteiger partial charge in [0.25, 0.3) is 5.91 Å². The summed E-state index contributed by atoms with van der Waals surface area (Å²) in [6, 6.07) is 20.3. The zero-order valence-corrected chi connectivity index (χ0v) is 20.3. The molecule has 0 aromatic heterocycles. The lowest BCUT2D eigenvalue weighted by molar-refractivity contribution is -0.147. The van der Waals surface area contributed by atoms with Crippen molar-refractivity contribution in [2.24, 2.45) is 0 Å². The molecule has 0 spiro atoms. The van der Waals surface area contributed by atoms with E-state index in [0.29, 0.717) is 33.5 Å². The second kappa shape index (κ2) is 13.1. The highest BCUT2D eigenvalue weighted by Gasteiger charge is 2.10. The number of amides is 2. The van der Waals surface area contributed by atoms with Gasteiger partial charge in [0.15, 0.2) is 12.4 Å². The summed E-state index contributed by atoms with van der Waals surface area (Å²) in [5, 5.41) is 5.82. The highest BCUT2D eigenvalue weighted by atomic mass is 35.5. The molecule has 0 fully saturated rings. The summed E-state index contributed by atoms with van der Waals surface area (Å²) in [7, 11) is 0. The molecule has 9 heteroatoms. The number of Topliss-reactive ketones (excluding diaryl/α,β-unsaturated/α-hetero) is 1. The van der Waals surface area contributed by atoms with Crippen molar-refractivity contribution >= 4 is 46.5 Å². The van der Waals surface area contributed by atoms with Gasteiger partial charge in [0.05, 0.1) is 5.02 Å². The van der Waals surface area contributed by atoms with Crippen LogP contribution in [-0.4, -0.2) is 30.2 Å². The van der Waals surface area contributed by atoms with Gasteiger partial charge in [-0.1, -0.05) is 23.7 Å². The molecule has 0 saturated carbocycles. The molecule has 0 unspecified atom stereocenters. The summed E-state index contributed by atoms with van der Waals surface area (Å²) in [4.78, 5) is 47.2. The Morgan fingerprint density at radius 2 is 1.39 bits per heavy atom. The van der Waals surface area contributed by atoms with Gasteiger partial charge in [0.1, 0.15) is 11.5 Å². The molecule has 2 N–H and O–H groups in total. The topological polar surface area (TPSA) is 111 Å². The minimum Gasteiger partial charge on any atom is -0.456 e. The van der Waals surface area contributed by atoms with Crippen molar-refractivity contribution in [3.8, 4) is 11.5 Å². The number of ether oxygens (including phenoxy) is 2. The monoisotopic (exact) mass is 508 g/mol. The van der Waals surface area contributed by atoms with E-state index in [2.05, 4.69) is 10.6 Å². The Labute approximate surface area is 213 Å². The Bertz CT molecular complexity index is 1230. The van der Waals surface area contributed by atoms with Crippen molar-refractivity contribution in [1.29, 1.82) is 0 Å². The summed E-state index contributed by atoms with van der Waals surface area (Å²) in [6.07, 6.45) is 0.382. The number of esters is 1. The maximum Gasteiger partial charge on any atom is 0.306 e. The highest BCUT2D eigenvalue weighted by molar-refractivity contribution is 6.32. The van der Waals surface area contributed by atoms with Gasteiger partial charge < -0.3 is 20.1 Å². The molecule has 0 aliphatic rings. The Kier molecular flexibility index (Phi) is 9.59. The fraction of sp³-hybridized carbons (Fsp3) is 0.185. The van der Waals surface area contributed by atoms with Gasteiger partial charge in [0, 0.05) is 29.8 Å². The molecule has 0 saturated heterocycles. The maximum atomic E-state index is 12.2. The van der Waals surface area contributed by atoms with Crippen LogP contribution in [0.3, 0.4) is 0 Å². The van der Waals surface area contributed by atoms with Crippen LogP contribution in [0, 0.1) is 0 Å². The normalized spacial score (nSPS) is 10.3. The van der Waals surface area contributed by atoms with Crippen molar-refractivity contribution in [3.05, 3.63) is 83.4 Å². The summed E-state index contributed by atoms with van der Waals surface area (Å²) in [6.45, 7) is 1.01. The molecule has 3 aromatic carbocycles. The van der Waals surface area contributed by atoms with Crippen LogP contribution in [0.25, 0.3) is 0 Å². The van der Waals surface area contributed by atoms with Gasteiger partial charge in [-0.25, -0.2) is 0 Å². The standard InChI is InChI=1S/C27H25ClN2O6/c1-18(31)19-9-11-20(12-10-19)30-26(33)17-35-27(34)8-4-7-25(32)29-21-13-15-22(16-14-21)36-24-6-3-2-5-23(24)28/h2-3,5-6,9-16H,4,7-8,17H2,1H3,(H,29,32)(H,30,33). The van der Waals surface area contributed by atoms with Crippen LogP contribution >= 0.6 is 11.6 Å². The van der Waals surface area contributed by atoms with Crippen LogP contribution in [0.15, 0.2) is 72.8 Å². The largest absolute Gasteiger partial charge is 0.456 e. The van der Waals surface area contributed by atoms with Gasteiger partial charge in [-0.05, 0) is 74.0 Å². The molecular weight excluding hydrogens is 484 g/mol. The van der Waals surface area contributed by atoms with Crippen LogP contribution in [-0.2, 0) is 19.1 Å². The minimum absolute atomic E-state index is 0.00137. The first-order valence-electron chi connectivity index (χ1n) is 11.2. The number of hydrogen-bond donors (Lipinski definition) is 2. The van der Waals surface area contributed by atoms with E-state index in [0.717, 1.165) is 0 Å². The molecule has 0 bridgehead atoms. The molecule has 0 heterocycles. The second-order valence-electron chi connectivity index (χ2n) is 7.80. The fourth-order valence-corrected chi connectivity index (χ4v) is 3.26. The third kappa shape index (κ3) is 8.56. The average Bonchev–Trinajstić information content (AvgIpc) is 2.85. The zero-order valence-electron chi connectivity index (χ0n) is 19.6. The van der Waals surface area contributed by atoms with Crippen LogP contribution < -0.4 is 15.4 Å². The third-order valence-corrected chi connectivity index (χ3v) is 5.24. The Hall–Kier alpha value is -4.17. The Morgan fingerprint density at radius 3 is 2.03 bits per heavy atom. The van der Waals surface area contributed by atoms with E-state index in [9.17, 15) is 19.2 Å². The van der Waals surface area contributed by atoms with Crippen molar-refractivity contribution < 1.29 is 28.7 Å². The summed E-state index contributed by atoms with van der Waals surface area (Å²) in [5.41, 5.74) is 1.60. The number of nitrogens with one attached hydrogen (secondary N) is 2. The van der Waals surface area contributed by atoms with E-state index < -0.39 is 18.5 Å². The number of benzene rings is 3. The lowest BCUT2D eigenvalue weighted by atomic mass is 10.1. The van der Waals surface area contributed by atoms with E-state index in [-0.39, 0.29) is 31.0 Å². The summed E-state index contributed by atoms with van der Waals surface area (Å²) >= 11 is 6.08. The SMILES string of the molecule is CC(=O)c1ccc(NC(=O)COC(=O)CCCC(=O)Nc2ccc(Oc3ccccc3Cl)cc2)cc1. The third-order valence-electron chi connectivity index (χ3n) is 4.93. The summed E-state index contributed by atoms with van der Waals surface area (Å²) < 4.78 is 10.7. The van der Waals surface area contributed by atoms with E-state index in [4.69, 9.17) is 21.1 Å². The molecule has 8 nitrogen and oxygen atoms in total. The summed E-state index contributed by atoms with van der Waals surface area (Å²) in [5.74, 6) is -0.309. The van der Waals surface area contributed by atoms with Crippen molar-refractivity contribution in [2.45, 2.75) is 26.2 Å². The van der Waals surface area contributed by atoms with E-state index >= 15 is 0 Å². The van der Waals surface area contributed by atoms with Gasteiger partial charge in [-0.2, -0.15) is 0 Å². The molecule has 0 radical (unpaired) electrons.